The second-order valence-corrected chi connectivity index (χ2v) is 15.0. The molecule has 56 heavy (non-hydrogen) atoms. The normalized spacial score (nSPS) is 12.4. The van der Waals surface area contributed by atoms with E-state index in [0.717, 1.165) is 21.3 Å². The van der Waals surface area contributed by atoms with Gasteiger partial charge in [-0.3, -0.25) is 22.9 Å². The number of sulfonamides is 1. The first-order chi connectivity index (χ1) is 26.5. The molecular weight excluding hydrogens is 767 g/mol. The molecule has 0 saturated carbocycles. The predicted octanol–water partition coefficient (Wildman–Crippen LogP) is 5.65. The standard InChI is InChI=1S/C36H39N9O9S2/c1-7-44-33(46)27(18-37)21(5)31(35(44)48)42-40-23-10-12-25(29(16-23)55(50)51)26-13-11-24(17-30(26)56(52,53)39-14-9-15-54-20(3)4)41-43-32-22(6)28(19-38)34(47)45(8-2)36(32)49/h10-13,16-17,20,39,46-47H,7-9,14-15H2,1-6H3,(H,50,51)/p-1. The van der Waals surface area contributed by atoms with Crippen LogP contribution in [0.4, 0.5) is 22.7 Å². The van der Waals surface area contributed by atoms with Crippen LogP contribution < -0.4 is 15.8 Å². The Labute approximate surface area is 324 Å². The molecule has 2 aromatic carbocycles. The lowest BCUT2D eigenvalue weighted by atomic mass is 10.0. The van der Waals surface area contributed by atoms with Crippen molar-refractivity contribution < 1.29 is 32.1 Å². The molecule has 2 aromatic heterocycles. The number of aromatic nitrogens is 2. The Hall–Kier alpha value is -5.90. The summed E-state index contributed by atoms with van der Waals surface area (Å²) in [5, 5.41) is 56.0. The van der Waals surface area contributed by atoms with Crippen LogP contribution in [0, 0.1) is 36.5 Å². The fourth-order valence-electron chi connectivity index (χ4n) is 5.54. The van der Waals surface area contributed by atoms with Crippen LogP contribution in [-0.2, 0) is 38.9 Å². The lowest BCUT2D eigenvalue weighted by Gasteiger charge is -2.17. The Kier molecular flexibility index (Phi) is 13.9. The Morgan fingerprint density at radius 1 is 0.857 bits per heavy atom. The van der Waals surface area contributed by atoms with Crippen molar-refractivity contribution in [1.82, 2.24) is 13.9 Å². The van der Waals surface area contributed by atoms with Crippen LogP contribution >= 0.6 is 0 Å². The summed E-state index contributed by atoms with van der Waals surface area (Å²) < 4.78 is 62.9. The number of rotatable bonds is 15. The summed E-state index contributed by atoms with van der Waals surface area (Å²) in [4.78, 5) is 25.3. The van der Waals surface area contributed by atoms with Crippen LogP contribution in [0.2, 0.25) is 0 Å². The van der Waals surface area contributed by atoms with Gasteiger partial charge >= 0.3 is 0 Å². The topological polar surface area (TPSA) is 277 Å². The number of hydrogen-bond acceptors (Lipinski definition) is 15. The SMILES string of the molecule is CCn1c(O)c(C#N)c(C)c(N=Nc2ccc(-c3ccc(N=Nc4c(C)c(C#N)c(O)n(CC)c4=O)cc3S(=O)(=O)NCCCOC(C)C)c(S(=O)[O-])c2)c1=O. The summed E-state index contributed by atoms with van der Waals surface area (Å²) in [5.41, 5.74) is -2.43. The molecule has 0 saturated heterocycles. The highest BCUT2D eigenvalue weighted by molar-refractivity contribution is 7.89. The Morgan fingerprint density at radius 2 is 1.34 bits per heavy atom. The molecule has 0 aliphatic carbocycles. The Balaban J connectivity index is 1.86. The van der Waals surface area contributed by atoms with Gasteiger partial charge in [-0.05, 0) is 88.9 Å². The van der Waals surface area contributed by atoms with E-state index in [2.05, 4.69) is 25.2 Å². The molecule has 0 fully saturated rings. The van der Waals surface area contributed by atoms with Gasteiger partial charge in [0.2, 0.25) is 21.8 Å². The van der Waals surface area contributed by atoms with Crippen molar-refractivity contribution in [3.05, 3.63) is 79.4 Å². The maximum absolute atomic E-state index is 13.9. The fourth-order valence-corrected chi connectivity index (χ4v) is 7.43. The van der Waals surface area contributed by atoms with Crippen molar-refractivity contribution in [2.45, 2.75) is 76.9 Å². The average Bonchev–Trinajstić information content (AvgIpc) is 3.15. The van der Waals surface area contributed by atoms with Gasteiger partial charge in [-0.1, -0.05) is 12.1 Å². The smallest absolute Gasteiger partial charge is 0.281 e. The summed E-state index contributed by atoms with van der Waals surface area (Å²) in [6.45, 7) is 9.92. The third kappa shape index (κ3) is 8.96. The van der Waals surface area contributed by atoms with Crippen LogP contribution in [0.5, 0.6) is 11.8 Å². The molecule has 2 heterocycles. The fraction of sp³-hybridized carbons (Fsp3) is 0.333. The third-order valence-electron chi connectivity index (χ3n) is 8.46. The number of pyridine rings is 2. The number of nitriles is 2. The summed E-state index contributed by atoms with van der Waals surface area (Å²) in [6.07, 6.45) is 0.235. The predicted molar refractivity (Wildman–Crippen MR) is 203 cm³/mol. The molecule has 294 valence electrons. The zero-order valence-corrected chi connectivity index (χ0v) is 32.9. The van der Waals surface area contributed by atoms with Crippen LogP contribution in [-0.4, -0.2) is 55.8 Å². The van der Waals surface area contributed by atoms with Crippen molar-refractivity contribution in [2.24, 2.45) is 20.5 Å². The van der Waals surface area contributed by atoms with Crippen molar-refractivity contribution in [2.75, 3.05) is 13.2 Å². The molecule has 0 aliphatic rings. The van der Waals surface area contributed by atoms with E-state index in [1.807, 2.05) is 26.0 Å². The lowest BCUT2D eigenvalue weighted by molar-refractivity contribution is 0.0778. The average molecular weight is 805 g/mol. The molecule has 0 bridgehead atoms. The van der Waals surface area contributed by atoms with Crippen LogP contribution in [0.25, 0.3) is 11.1 Å². The molecule has 18 nitrogen and oxygen atoms in total. The lowest BCUT2D eigenvalue weighted by Crippen LogP contribution is -2.26. The second-order valence-electron chi connectivity index (χ2n) is 12.3. The number of nitrogens with zero attached hydrogens (tertiary/aromatic N) is 8. The van der Waals surface area contributed by atoms with E-state index in [0.29, 0.717) is 6.42 Å². The molecule has 3 N–H and O–H groups in total. The van der Waals surface area contributed by atoms with E-state index in [-0.39, 0.29) is 93.4 Å². The molecule has 0 spiro atoms. The van der Waals surface area contributed by atoms with Gasteiger partial charge in [-0.25, -0.2) is 13.1 Å². The molecule has 4 aromatic rings. The minimum atomic E-state index is -4.39. The summed E-state index contributed by atoms with van der Waals surface area (Å²) in [6, 6.07) is 11.2. The van der Waals surface area contributed by atoms with Crippen molar-refractivity contribution in [3.63, 3.8) is 0 Å². The number of azo groups is 2. The maximum atomic E-state index is 13.9. The first kappa shape index (κ1) is 42.8. The summed E-state index contributed by atoms with van der Waals surface area (Å²) in [7, 11) is -4.39. The van der Waals surface area contributed by atoms with E-state index >= 15 is 0 Å². The van der Waals surface area contributed by atoms with Crippen molar-refractivity contribution in [1.29, 1.82) is 10.5 Å². The number of nitrogens with one attached hydrogen (secondary N) is 1. The maximum Gasteiger partial charge on any atom is 0.281 e. The molecule has 0 radical (unpaired) electrons. The quantitative estimate of drug-likeness (QED) is 0.0750. The second kappa shape index (κ2) is 18.2. The van der Waals surface area contributed by atoms with E-state index in [9.17, 15) is 47.5 Å². The molecule has 4 rings (SSSR count). The minimum Gasteiger partial charge on any atom is -0.768 e. The van der Waals surface area contributed by atoms with E-state index < -0.39 is 48.9 Å². The molecule has 20 heteroatoms. The van der Waals surface area contributed by atoms with Gasteiger partial charge < -0.3 is 19.5 Å². The van der Waals surface area contributed by atoms with Gasteiger partial charge in [0.05, 0.1) is 22.4 Å². The van der Waals surface area contributed by atoms with Gasteiger partial charge in [-0.15, -0.1) is 10.2 Å². The van der Waals surface area contributed by atoms with Crippen LogP contribution in [0.3, 0.4) is 0 Å². The highest BCUT2D eigenvalue weighted by Crippen LogP contribution is 2.37. The Morgan fingerprint density at radius 3 is 1.79 bits per heavy atom. The molecule has 1 unspecified atom stereocenters. The molecule has 0 amide bonds. The monoisotopic (exact) mass is 804 g/mol. The Bertz CT molecular complexity index is 2580. The van der Waals surface area contributed by atoms with Gasteiger partial charge in [0.25, 0.3) is 11.1 Å². The van der Waals surface area contributed by atoms with E-state index in [4.69, 9.17) is 4.74 Å². The van der Waals surface area contributed by atoms with E-state index in [1.54, 1.807) is 13.8 Å². The zero-order valence-electron chi connectivity index (χ0n) is 31.2. The van der Waals surface area contributed by atoms with Gasteiger partial charge in [-0.2, -0.15) is 20.8 Å². The van der Waals surface area contributed by atoms with E-state index in [1.165, 1.54) is 38.1 Å². The van der Waals surface area contributed by atoms with Crippen LogP contribution in [0.1, 0.15) is 56.4 Å². The molecule has 1 atom stereocenters. The highest BCUT2D eigenvalue weighted by atomic mass is 32.2. The first-order valence-electron chi connectivity index (χ1n) is 17.1. The highest BCUT2D eigenvalue weighted by Gasteiger charge is 2.24. The zero-order chi connectivity index (χ0) is 41.5. The van der Waals surface area contributed by atoms with Crippen molar-refractivity contribution >= 4 is 43.9 Å². The summed E-state index contributed by atoms with van der Waals surface area (Å²) in [5.74, 6) is -1.05. The van der Waals surface area contributed by atoms with Gasteiger partial charge in [0, 0.05) is 47.8 Å². The van der Waals surface area contributed by atoms with Crippen LogP contribution in [0.15, 0.2) is 76.2 Å². The third-order valence-corrected chi connectivity index (χ3v) is 10.7. The minimum absolute atomic E-state index is 0.0216. The van der Waals surface area contributed by atoms with Gasteiger partial charge in [0.1, 0.15) is 23.3 Å². The van der Waals surface area contributed by atoms with Crippen molar-refractivity contribution in [3.8, 4) is 35.0 Å². The first-order valence-corrected chi connectivity index (χ1v) is 19.6. The molecule has 0 aliphatic heterocycles. The molecular formula is C36H38N9O9S2-. The summed E-state index contributed by atoms with van der Waals surface area (Å²) >= 11 is -2.97. The number of aromatic hydroxyl groups is 2. The number of hydrogen-bond donors (Lipinski definition) is 3. The number of ether oxygens (including phenoxy) is 1. The van der Waals surface area contributed by atoms with Gasteiger partial charge in [0.15, 0.2) is 11.4 Å². The largest absolute Gasteiger partial charge is 0.768 e. The number of benzene rings is 2.